The second-order valence-electron chi connectivity index (χ2n) is 4.90. The van der Waals surface area contributed by atoms with Gasteiger partial charge in [0.15, 0.2) is 0 Å². The first-order valence-corrected chi connectivity index (χ1v) is 7.45. The van der Waals surface area contributed by atoms with Crippen molar-refractivity contribution in [1.82, 2.24) is 4.90 Å². The molecular weight excluding hydrogens is 264 g/mol. The maximum atomic E-state index is 12.3. The van der Waals surface area contributed by atoms with Gasteiger partial charge in [0.1, 0.15) is 11.7 Å². The smallest absolute Gasteiger partial charge is 0.240 e. The fraction of sp³-hybridized carbons (Fsp3) is 0.529. The van der Waals surface area contributed by atoms with Crippen LogP contribution in [0.1, 0.15) is 31.9 Å². The SMILES string of the molecule is CCc1cc(CC(C#N)C(=O)N(CC)CC)ccc1OC. The minimum Gasteiger partial charge on any atom is -0.496 e. The fourth-order valence-corrected chi connectivity index (χ4v) is 2.41. The highest BCUT2D eigenvalue weighted by atomic mass is 16.5. The van der Waals surface area contributed by atoms with Gasteiger partial charge >= 0.3 is 0 Å². The molecule has 0 fully saturated rings. The predicted octanol–water partition coefficient (Wildman–Crippen LogP) is 2.81. The molecule has 114 valence electrons. The lowest BCUT2D eigenvalue weighted by Crippen LogP contribution is -2.36. The molecule has 4 nitrogen and oxygen atoms in total. The third-order valence-electron chi connectivity index (χ3n) is 3.69. The van der Waals surface area contributed by atoms with Gasteiger partial charge in [0, 0.05) is 13.1 Å². The summed E-state index contributed by atoms with van der Waals surface area (Å²) >= 11 is 0. The molecule has 1 rings (SSSR count). The summed E-state index contributed by atoms with van der Waals surface area (Å²) in [6.07, 6.45) is 1.31. The van der Waals surface area contributed by atoms with Crippen molar-refractivity contribution < 1.29 is 9.53 Å². The number of rotatable bonds is 7. The Morgan fingerprint density at radius 1 is 1.33 bits per heavy atom. The van der Waals surface area contributed by atoms with Crippen molar-refractivity contribution in [1.29, 1.82) is 5.26 Å². The summed E-state index contributed by atoms with van der Waals surface area (Å²) in [6, 6.07) is 8.01. The van der Waals surface area contributed by atoms with Crippen LogP contribution in [-0.4, -0.2) is 31.0 Å². The second-order valence-corrected chi connectivity index (χ2v) is 4.90. The van der Waals surface area contributed by atoms with Crippen molar-refractivity contribution in [3.8, 4) is 11.8 Å². The molecule has 0 saturated carbocycles. The van der Waals surface area contributed by atoms with Crippen LogP contribution >= 0.6 is 0 Å². The van der Waals surface area contributed by atoms with Crippen LogP contribution in [0.4, 0.5) is 0 Å². The first-order chi connectivity index (χ1) is 10.1. The van der Waals surface area contributed by atoms with E-state index in [0.717, 1.165) is 23.3 Å². The summed E-state index contributed by atoms with van der Waals surface area (Å²) in [5.41, 5.74) is 2.10. The topological polar surface area (TPSA) is 53.3 Å². The zero-order valence-electron chi connectivity index (χ0n) is 13.3. The standard InChI is InChI=1S/C17H24N2O2/c1-5-14-10-13(8-9-16(14)21-4)11-15(12-18)17(20)19(6-2)7-3/h8-10,15H,5-7,11H2,1-4H3. The lowest BCUT2D eigenvalue weighted by Gasteiger charge is -2.21. The van der Waals surface area contributed by atoms with E-state index in [4.69, 9.17) is 4.74 Å². The molecule has 1 unspecified atom stereocenters. The van der Waals surface area contributed by atoms with Crippen LogP contribution in [0.3, 0.4) is 0 Å². The van der Waals surface area contributed by atoms with Crippen molar-refractivity contribution in [2.75, 3.05) is 20.2 Å². The minimum absolute atomic E-state index is 0.0867. The largest absolute Gasteiger partial charge is 0.496 e. The van der Waals surface area contributed by atoms with Crippen LogP contribution in [0, 0.1) is 17.2 Å². The molecule has 0 N–H and O–H groups in total. The minimum atomic E-state index is -0.622. The number of nitriles is 1. The van der Waals surface area contributed by atoms with Gasteiger partial charge in [0.2, 0.25) is 5.91 Å². The van der Waals surface area contributed by atoms with Crippen LogP contribution in [0.2, 0.25) is 0 Å². The number of amides is 1. The van der Waals surface area contributed by atoms with E-state index in [1.807, 2.05) is 32.0 Å². The molecule has 21 heavy (non-hydrogen) atoms. The Bertz CT molecular complexity index is 516. The Balaban J connectivity index is 2.92. The maximum absolute atomic E-state index is 12.3. The summed E-state index contributed by atoms with van der Waals surface area (Å²) in [7, 11) is 1.65. The Morgan fingerprint density at radius 3 is 2.48 bits per heavy atom. The Labute approximate surface area is 127 Å². The van der Waals surface area contributed by atoms with E-state index >= 15 is 0 Å². The van der Waals surface area contributed by atoms with Gasteiger partial charge in [-0.25, -0.2) is 0 Å². The van der Waals surface area contributed by atoms with E-state index < -0.39 is 5.92 Å². The predicted molar refractivity (Wildman–Crippen MR) is 83.1 cm³/mol. The molecule has 1 atom stereocenters. The molecule has 4 heteroatoms. The highest BCUT2D eigenvalue weighted by Crippen LogP contribution is 2.22. The number of nitrogens with zero attached hydrogens (tertiary/aromatic N) is 2. The molecule has 0 saturated heterocycles. The molecule has 0 bridgehead atoms. The maximum Gasteiger partial charge on any atom is 0.240 e. The third kappa shape index (κ3) is 4.22. The Hall–Kier alpha value is -2.02. The number of benzene rings is 1. The van der Waals surface area contributed by atoms with E-state index in [9.17, 15) is 10.1 Å². The summed E-state index contributed by atoms with van der Waals surface area (Å²) < 4.78 is 5.30. The van der Waals surface area contributed by atoms with Crippen molar-refractivity contribution >= 4 is 5.91 Å². The van der Waals surface area contributed by atoms with Crippen molar-refractivity contribution in [2.45, 2.75) is 33.6 Å². The van der Waals surface area contributed by atoms with Crippen LogP contribution in [0.5, 0.6) is 5.75 Å². The quantitative estimate of drug-likeness (QED) is 0.775. The molecular formula is C17H24N2O2. The molecule has 0 heterocycles. The van der Waals surface area contributed by atoms with E-state index in [1.165, 1.54) is 0 Å². The number of carbonyl (C=O) groups excluding carboxylic acids is 1. The Kier molecular flexibility index (Phi) is 6.74. The van der Waals surface area contributed by atoms with Gasteiger partial charge in [-0.3, -0.25) is 4.79 Å². The molecule has 1 aromatic carbocycles. The number of carbonyl (C=O) groups is 1. The average molecular weight is 288 g/mol. The van der Waals surface area contributed by atoms with Gasteiger partial charge in [-0.05, 0) is 43.9 Å². The van der Waals surface area contributed by atoms with Crippen LogP contribution < -0.4 is 4.74 Å². The lowest BCUT2D eigenvalue weighted by atomic mass is 9.97. The zero-order valence-corrected chi connectivity index (χ0v) is 13.3. The zero-order chi connectivity index (χ0) is 15.8. The molecule has 0 aliphatic rings. The van der Waals surface area contributed by atoms with Gasteiger partial charge in [-0.2, -0.15) is 5.26 Å². The van der Waals surface area contributed by atoms with Crippen molar-refractivity contribution in [3.63, 3.8) is 0 Å². The number of ether oxygens (including phenoxy) is 1. The van der Waals surface area contributed by atoms with Crippen molar-refractivity contribution in [3.05, 3.63) is 29.3 Å². The number of hydrogen-bond acceptors (Lipinski definition) is 3. The fourth-order valence-electron chi connectivity index (χ4n) is 2.41. The highest BCUT2D eigenvalue weighted by molar-refractivity contribution is 5.81. The van der Waals surface area contributed by atoms with Crippen molar-refractivity contribution in [2.24, 2.45) is 5.92 Å². The third-order valence-corrected chi connectivity index (χ3v) is 3.69. The van der Waals surface area contributed by atoms with Crippen LogP contribution in [-0.2, 0) is 17.6 Å². The van der Waals surface area contributed by atoms with Gasteiger partial charge in [-0.1, -0.05) is 19.1 Å². The first kappa shape index (κ1) is 17.0. The van der Waals surface area contributed by atoms with Gasteiger partial charge in [-0.15, -0.1) is 0 Å². The normalized spacial score (nSPS) is 11.6. The van der Waals surface area contributed by atoms with E-state index in [-0.39, 0.29) is 5.91 Å². The molecule has 1 aromatic rings. The molecule has 1 amide bonds. The summed E-state index contributed by atoms with van der Waals surface area (Å²) in [5, 5.41) is 9.30. The molecule has 0 aliphatic carbocycles. The van der Waals surface area contributed by atoms with Gasteiger partial charge in [0.25, 0.3) is 0 Å². The second kappa shape index (κ2) is 8.31. The lowest BCUT2D eigenvalue weighted by molar-refractivity contribution is -0.133. The molecule has 0 aliphatic heterocycles. The van der Waals surface area contributed by atoms with E-state index in [1.54, 1.807) is 12.0 Å². The summed E-state index contributed by atoms with van der Waals surface area (Å²) in [5.74, 6) is 0.143. The van der Waals surface area contributed by atoms with Gasteiger partial charge in [0.05, 0.1) is 13.2 Å². The van der Waals surface area contributed by atoms with Crippen LogP contribution in [0.15, 0.2) is 18.2 Å². The number of aryl methyl sites for hydroxylation is 1. The average Bonchev–Trinajstić information content (AvgIpc) is 2.53. The van der Waals surface area contributed by atoms with Gasteiger partial charge < -0.3 is 9.64 Å². The van der Waals surface area contributed by atoms with Crippen LogP contribution in [0.25, 0.3) is 0 Å². The van der Waals surface area contributed by atoms with E-state index in [0.29, 0.717) is 19.5 Å². The number of methoxy groups -OCH3 is 1. The Morgan fingerprint density at radius 2 is 2.00 bits per heavy atom. The molecule has 0 spiro atoms. The molecule has 0 radical (unpaired) electrons. The highest BCUT2D eigenvalue weighted by Gasteiger charge is 2.22. The molecule has 0 aromatic heterocycles. The number of hydrogen-bond donors (Lipinski definition) is 0. The summed E-state index contributed by atoms with van der Waals surface area (Å²) in [4.78, 5) is 14.0. The first-order valence-electron chi connectivity index (χ1n) is 7.45. The van der Waals surface area contributed by atoms with E-state index in [2.05, 4.69) is 13.0 Å². The summed E-state index contributed by atoms with van der Waals surface area (Å²) in [6.45, 7) is 7.19. The monoisotopic (exact) mass is 288 g/mol.